The summed E-state index contributed by atoms with van der Waals surface area (Å²) >= 11 is 0. The third kappa shape index (κ3) is 1.88. The zero-order valence-electron chi connectivity index (χ0n) is 8.27. The van der Waals surface area contributed by atoms with Crippen molar-refractivity contribution in [2.75, 3.05) is 18.0 Å². The van der Waals surface area contributed by atoms with Gasteiger partial charge in [-0.2, -0.15) is 4.39 Å². The lowest BCUT2D eigenvalue weighted by Crippen LogP contribution is -2.54. The molecule has 1 amide bonds. The van der Waals surface area contributed by atoms with Gasteiger partial charge in [-0.25, -0.2) is 9.97 Å². The van der Waals surface area contributed by atoms with Crippen LogP contribution in [0.4, 0.5) is 10.2 Å². The summed E-state index contributed by atoms with van der Waals surface area (Å²) in [6.07, 6.45) is 1.16. The van der Waals surface area contributed by atoms with Gasteiger partial charge in [0, 0.05) is 19.2 Å². The van der Waals surface area contributed by atoms with E-state index in [0.29, 0.717) is 18.9 Å². The molecule has 0 aliphatic carbocycles. The van der Waals surface area contributed by atoms with E-state index in [4.69, 9.17) is 0 Å². The first-order chi connectivity index (χ1) is 7.18. The van der Waals surface area contributed by atoms with E-state index in [-0.39, 0.29) is 11.9 Å². The maximum absolute atomic E-state index is 12.9. The Morgan fingerprint density at radius 1 is 1.60 bits per heavy atom. The summed E-state index contributed by atoms with van der Waals surface area (Å²) in [4.78, 5) is 20.4. The van der Waals surface area contributed by atoms with Gasteiger partial charge >= 0.3 is 0 Å². The fraction of sp³-hybridized carbons (Fsp3) is 0.444. The second kappa shape index (κ2) is 3.80. The summed E-state index contributed by atoms with van der Waals surface area (Å²) in [6.45, 7) is 2.94. The molecule has 1 aromatic heterocycles. The number of piperazine rings is 1. The Morgan fingerprint density at radius 2 is 2.40 bits per heavy atom. The van der Waals surface area contributed by atoms with Crippen molar-refractivity contribution < 1.29 is 9.18 Å². The van der Waals surface area contributed by atoms with Crippen molar-refractivity contribution >= 4 is 11.7 Å². The first-order valence-corrected chi connectivity index (χ1v) is 4.70. The predicted molar refractivity (Wildman–Crippen MR) is 51.8 cm³/mol. The van der Waals surface area contributed by atoms with Crippen LogP contribution in [-0.4, -0.2) is 35.0 Å². The Kier molecular flexibility index (Phi) is 2.49. The molecule has 1 N–H and O–H groups in total. The van der Waals surface area contributed by atoms with Crippen LogP contribution < -0.4 is 10.2 Å². The van der Waals surface area contributed by atoms with Crippen LogP contribution in [-0.2, 0) is 4.79 Å². The van der Waals surface area contributed by atoms with Crippen LogP contribution in [0.15, 0.2) is 12.4 Å². The van der Waals surface area contributed by atoms with Crippen LogP contribution in [0.3, 0.4) is 0 Å². The van der Waals surface area contributed by atoms with Gasteiger partial charge in [0.25, 0.3) is 0 Å². The topological polar surface area (TPSA) is 58.1 Å². The SMILES string of the molecule is CC1C(=O)NCCN1c1cc(F)ncn1. The van der Waals surface area contributed by atoms with E-state index in [9.17, 15) is 9.18 Å². The van der Waals surface area contributed by atoms with Gasteiger partial charge < -0.3 is 10.2 Å². The van der Waals surface area contributed by atoms with Gasteiger partial charge in [0.05, 0.1) is 0 Å². The Bertz CT molecular complexity index is 384. The minimum atomic E-state index is -0.585. The molecule has 2 heterocycles. The van der Waals surface area contributed by atoms with Crippen LogP contribution in [0.5, 0.6) is 0 Å². The highest BCUT2D eigenvalue weighted by molar-refractivity contribution is 5.85. The average molecular weight is 210 g/mol. The maximum Gasteiger partial charge on any atom is 0.242 e. The number of amides is 1. The fourth-order valence-electron chi connectivity index (χ4n) is 1.58. The second-order valence-corrected chi connectivity index (χ2v) is 3.36. The van der Waals surface area contributed by atoms with E-state index >= 15 is 0 Å². The van der Waals surface area contributed by atoms with Gasteiger partial charge in [0.2, 0.25) is 11.9 Å². The highest BCUT2D eigenvalue weighted by Crippen LogP contribution is 2.15. The molecule has 0 bridgehead atoms. The van der Waals surface area contributed by atoms with Crippen molar-refractivity contribution in [3.05, 3.63) is 18.3 Å². The molecule has 5 nitrogen and oxygen atoms in total. The molecule has 1 saturated heterocycles. The number of aromatic nitrogens is 2. The Morgan fingerprint density at radius 3 is 3.13 bits per heavy atom. The van der Waals surface area contributed by atoms with Crippen molar-refractivity contribution in [2.24, 2.45) is 0 Å². The number of nitrogens with zero attached hydrogens (tertiary/aromatic N) is 3. The molecule has 1 atom stereocenters. The minimum Gasteiger partial charge on any atom is -0.353 e. The number of rotatable bonds is 1. The molecular weight excluding hydrogens is 199 g/mol. The van der Waals surface area contributed by atoms with Crippen LogP contribution in [0.2, 0.25) is 0 Å². The molecule has 1 unspecified atom stereocenters. The highest BCUT2D eigenvalue weighted by atomic mass is 19.1. The number of carbonyl (C=O) groups is 1. The number of hydrogen-bond acceptors (Lipinski definition) is 4. The lowest BCUT2D eigenvalue weighted by atomic mass is 10.2. The molecule has 0 radical (unpaired) electrons. The molecule has 0 aromatic carbocycles. The van der Waals surface area contributed by atoms with Crippen LogP contribution >= 0.6 is 0 Å². The Hall–Kier alpha value is -1.72. The van der Waals surface area contributed by atoms with E-state index in [1.165, 1.54) is 6.07 Å². The molecule has 1 aliphatic heterocycles. The van der Waals surface area contributed by atoms with E-state index in [1.54, 1.807) is 11.8 Å². The minimum absolute atomic E-state index is 0.0692. The molecule has 2 rings (SSSR count). The van der Waals surface area contributed by atoms with E-state index in [1.807, 2.05) is 0 Å². The molecular formula is C9H11FN4O. The number of halogens is 1. The largest absolute Gasteiger partial charge is 0.353 e. The van der Waals surface area contributed by atoms with E-state index in [0.717, 1.165) is 6.33 Å². The van der Waals surface area contributed by atoms with E-state index < -0.39 is 5.95 Å². The normalized spacial score (nSPS) is 21.3. The first-order valence-electron chi connectivity index (χ1n) is 4.70. The number of hydrogen-bond donors (Lipinski definition) is 1. The molecule has 0 saturated carbocycles. The third-order valence-electron chi connectivity index (χ3n) is 2.41. The van der Waals surface area contributed by atoms with Gasteiger partial charge in [-0.05, 0) is 6.92 Å². The lowest BCUT2D eigenvalue weighted by molar-refractivity contribution is -0.122. The van der Waals surface area contributed by atoms with Gasteiger partial charge in [-0.3, -0.25) is 4.79 Å². The zero-order valence-corrected chi connectivity index (χ0v) is 8.27. The Labute approximate surface area is 86.3 Å². The third-order valence-corrected chi connectivity index (χ3v) is 2.41. The van der Waals surface area contributed by atoms with Crippen molar-refractivity contribution in [2.45, 2.75) is 13.0 Å². The molecule has 6 heteroatoms. The number of carbonyl (C=O) groups excluding carboxylic acids is 1. The van der Waals surface area contributed by atoms with Gasteiger partial charge in [-0.15, -0.1) is 0 Å². The summed E-state index contributed by atoms with van der Waals surface area (Å²) in [6, 6.07) is 0.905. The monoisotopic (exact) mass is 210 g/mol. The first kappa shape index (κ1) is 9.82. The average Bonchev–Trinajstić information content (AvgIpc) is 2.22. The van der Waals surface area contributed by atoms with Gasteiger partial charge in [0.1, 0.15) is 18.2 Å². The van der Waals surface area contributed by atoms with Gasteiger partial charge in [0.15, 0.2) is 0 Å². The van der Waals surface area contributed by atoms with Crippen LogP contribution in [0.1, 0.15) is 6.92 Å². The molecule has 1 fully saturated rings. The quantitative estimate of drug-likeness (QED) is 0.660. The molecule has 80 valence electrons. The van der Waals surface area contributed by atoms with Crippen molar-refractivity contribution in [3.63, 3.8) is 0 Å². The molecule has 1 aromatic rings. The maximum atomic E-state index is 12.9. The fourth-order valence-corrected chi connectivity index (χ4v) is 1.58. The predicted octanol–water partition coefficient (Wildman–Crippen LogP) is -0.0596. The summed E-state index contributed by atoms with van der Waals surface area (Å²) in [5.41, 5.74) is 0. The molecule has 0 spiro atoms. The lowest BCUT2D eigenvalue weighted by Gasteiger charge is -2.33. The Balaban J connectivity index is 2.26. The summed E-state index contributed by atoms with van der Waals surface area (Å²) in [7, 11) is 0. The smallest absolute Gasteiger partial charge is 0.242 e. The molecule has 15 heavy (non-hydrogen) atoms. The number of anilines is 1. The van der Waals surface area contributed by atoms with Crippen molar-refractivity contribution in [1.82, 2.24) is 15.3 Å². The van der Waals surface area contributed by atoms with Crippen molar-refractivity contribution in [1.29, 1.82) is 0 Å². The summed E-state index contributed by atoms with van der Waals surface area (Å²) < 4.78 is 12.9. The highest BCUT2D eigenvalue weighted by Gasteiger charge is 2.26. The summed E-state index contributed by atoms with van der Waals surface area (Å²) in [5, 5.41) is 2.73. The molecule has 1 aliphatic rings. The van der Waals surface area contributed by atoms with E-state index in [2.05, 4.69) is 15.3 Å². The summed E-state index contributed by atoms with van der Waals surface area (Å²) in [5.74, 6) is -0.205. The zero-order chi connectivity index (χ0) is 10.8. The standard InChI is InChI=1S/C9H11FN4O/c1-6-9(15)11-2-3-14(6)8-4-7(10)12-5-13-8/h4-6H,2-3H2,1H3,(H,11,15). The number of nitrogens with one attached hydrogen (secondary N) is 1. The van der Waals surface area contributed by atoms with Crippen molar-refractivity contribution in [3.8, 4) is 0 Å². The second-order valence-electron chi connectivity index (χ2n) is 3.36. The van der Waals surface area contributed by atoms with Crippen LogP contribution in [0, 0.1) is 5.95 Å². The van der Waals surface area contributed by atoms with Crippen LogP contribution in [0.25, 0.3) is 0 Å². The van der Waals surface area contributed by atoms with Gasteiger partial charge in [-0.1, -0.05) is 0 Å².